The smallest absolute Gasteiger partial charge is 0.255 e. The van der Waals surface area contributed by atoms with Gasteiger partial charge in [0.25, 0.3) is 5.91 Å². The van der Waals surface area contributed by atoms with E-state index in [2.05, 4.69) is 5.10 Å². The van der Waals surface area contributed by atoms with Crippen molar-refractivity contribution in [1.82, 2.24) is 14.7 Å². The first-order valence-electron chi connectivity index (χ1n) is 7.15. The van der Waals surface area contributed by atoms with Gasteiger partial charge in [-0.05, 0) is 23.8 Å². The number of phenols is 1. The van der Waals surface area contributed by atoms with Crippen LogP contribution in [0.5, 0.6) is 5.75 Å². The lowest BCUT2D eigenvalue weighted by Gasteiger charge is -2.28. The van der Waals surface area contributed by atoms with E-state index in [1.165, 1.54) is 0 Å². The average molecular weight is 293 g/mol. The fourth-order valence-electron chi connectivity index (χ4n) is 3.09. The van der Waals surface area contributed by atoms with Crippen LogP contribution in [0.2, 0.25) is 0 Å². The minimum absolute atomic E-state index is 0.0191. The van der Waals surface area contributed by atoms with E-state index in [0.29, 0.717) is 18.7 Å². The minimum Gasteiger partial charge on any atom is -0.507 e. The molecule has 1 amide bonds. The third-order valence-corrected chi connectivity index (χ3v) is 4.10. The van der Waals surface area contributed by atoms with Crippen LogP contribution >= 0.6 is 0 Å². The van der Waals surface area contributed by atoms with Crippen LogP contribution in [-0.2, 0) is 20.1 Å². The molecule has 0 unspecified atom stereocenters. The Bertz CT molecular complexity index is 898. The Morgan fingerprint density at radius 1 is 1.23 bits per heavy atom. The molecule has 0 bridgehead atoms. The molecule has 0 fully saturated rings. The molecule has 4 rings (SSSR count). The third kappa shape index (κ3) is 1.86. The molecule has 0 saturated heterocycles. The van der Waals surface area contributed by atoms with Crippen molar-refractivity contribution in [1.29, 1.82) is 0 Å². The molecule has 0 saturated carbocycles. The Balaban J connectivity index is 1.79. The molecule has 3 aromatic rings. The molecule has 110 valence electrons. The monoisotopic (exact) mass is 293 g/mol. The van der Waals surface area contributed by atoms with E-state index in [0.717, 1.165) is 22.0 Å². The number of aryl methyl sites for hydroxylation is 1. The van der Waals surface area contributed by atoms with E-state index in [-0.39, 0.29) is 11.7 Å². The van der Waals surface area contributed by atoms with Crippen molar-refractivity contribution in [3.8, 4) is 5.75 Å². The van der Waals surface area contributed by atoms with E-state index in [1.807, 2.05) is 43.6 Å². The van der Waals surface area contributed by atoms with E-state index in [4.69, 9.17) is 0 Å². The van der Waals surface area contributed by atoms with Gasteiger partial charge in [0.05, 0.1) is 12.2 Å². The highest BCUT2D eigenvalue weighted by molar-refractivity contribution is 6.11. The fraction of sp³-hybridized carbons (Fsp3) is 0.176. The van der Waals surface area contributed by atoms with E-state index in [1.54, 1.807) is 15.6 Å². The second-order valence-corrected chi connectivity index (χ2v) is 5.61. The summed E-state index contributed by atoms with van der Waals surface area (Å²) in [6, 6.07) is 11.0. The largest absolute Gasteiger partial charge is 0.507 e. The van der Waals surface area contributed by atoms with Crippen molar-refractivity contribution < 1.29 is 9.90 Å². The Labute approximate surface area is 127 Å². The Morgan fingerprint density at radius 2 is 2.09 bits per heavy atom. The molecule has 0 aliphatic carbocycles. The lowest BCUT2D eigenvalue weighted by atomic mass is 9.94. The van der Waals surface area contributed by atoms with Gasteiger partial charge in [-0.1, -0.05) is 18.2 Å². The van der Waals surface area contributed by atoms with E-state index >= 15 is 0 Å². The first kappa shape index (κ1) is 12.9. The van der Waals surface area contributed by atoms with Crippen molar-refractivity contribution in [2.24, 2.45) is 7.05 Å². The maximum absolute atomic E-state index is 12.7. The zero-order chi connectivity index (χ0) is 15.3. The molecule has 5 nitrogen and oxygen atoms in total. The van der Waals surface area contributed by atoms with Gasteiger partial charge in [-0.3, -0.25) is 9.48 Å². The third-order valence-electron chi connectivity index (χ3n) is 4.10. The molecule has 0 radical (unpaired) electrons. The quantitative estimate of drug-likeness (QED) is 0.789. The molecule has 22 heavy (non-hydrogen) atoms. The second-order valence-electron chi connectivity index (χ2n) is 5.61. The number of phenolic OH excluding ortho intramolecular Hbond substituents is 1. The van der Waals surface area contributed by atoms with Crippen molar-refractivity contribution in [2.75, 3.05) is 0 Å². The minimum atomic E-state index is -0.0191. The van der Waals surface area contributed by atoms with Crippen LogP contribution in [0.3, 0.4) is 0 Å². The lowest BCUT2D eigenvalue weighted by Crippen LogP contribution is -2.33. The summed E-state index contributed by atoms with van der Waals surface area (Å²) in [4.78, 5) is 14.5. The maximum atomic E-state index is 12.7. The number of hydrogen-bond donors (Lipinski definition) is 1. The Morgan fingerprint density at radius 3 is 2.86 bits per heavy atom. The molecule has 1 aliphatic rings. The van der Waals surface area contributed by atoms with Crippen molar-refractivity contribution in [3.05, 3.63) is 59.4 Å². The van der Waals surface area contributed by atoms with E-state index in [9.17, 15) is 9.90 Å². The number of benzene rings is 2. The van der Waals surface area contributed by atoms with Crippen LogP contribution in [-0.4, -0.2) is 25.7 Å². The number of carbonyl (C=O) groups is 1. The fourth-order valence-corrected chi connectivity index (χ4v) is 3.09. The predicted molar refractivity (Wildman–Crippen MR) is 82.4 cm³/mol. The molecule has 1 N–H and O–H groups in total. The van der Waals surface area contributed by atoms with Crippen molar-refractivity contribution in [3.63, 3.8) is 0 Å². The van der Waals surface area contributed by atoms with E-state index < -0.39 is 0 Å². The number of aromatic nitrogens is 2. The summed E-state index contributed by atoms with van der Waals surface area (Å²) in [5.74, 6) is 0.195. The number of amides is 1. The molecular weight excluding hydrogens is 278 g/mol. The van der Waals surface area contributed by atoms with Crippen LogP contribution < -0.4 is 0 Å². The Kier molecular flexibility index (Phi) is 2.69. The summed E-state index contributed by atoms with van der Waals surface area (Å²) in [5.41, 5.74) is 2.56. The predicted octanol–water partition coefficient (Wildman–Crippen LogP) is 2.43. The zero-order valence-corrected chi connectivity index (χ0v) is 12.2. The molecule has 2 aromatic carbocycles. The number of carbonyl (C=O) groups excluding carboxylic acids is 1. The highest BCUT2D eigenvalue weighted by atomic mass is 16.3. The number of aromatic hydroxyl groups is 1. The summed E-state index contributed by atoms with van der Waals surface area (Å²) in [7, 11) is 1.86. The lowest BCUT2D eigenvalue weighted by molar-refractivity contribution is 0.0722. The van der Waals surface area contributed by atoms with Gasteiger partial charge in [0.2, 0.25) is 0 Å². The molecule has 2 heterocycles. The highest BCUT2D eigenvalue weighted by Gasteiger charge is 2.26. The van der Waals surface area contributed by atoms with Crippen LogP contribution in [0.25, 0.3) is 10.8 Å². The molecular formula is C17H15N3O2. The summed E-state index contributed by atoms with van der Waals surface area (Å²) in [6.07, 6.45) is 1.87. The normalized spacial score (nSPS) is 13.9. The van der Waals surface area contributed by atoms with Gasteiger partial charge in [0.15, 0.2) is 0 Å². The SMILES string of the molecule is Cn1ccc(CN2Cc3ccc(O)c4cccc(c34)C2=O)n1. The molecule has 5 heteroatoms. The summed E-state index contributed by atoms with van der Waals surface area (Å²) in [6.45, 7) is 1.01. The average Bonchev–Trinajstić information content (AvgIpc) is 2.92. The standard InChI is InChI=1S/C17H15N3O2/c1-19-8-7-12(18-19)10-20-9-11-5-6-15(21)13-3-2-4-14(16(11)13)17(20)22/h2-8,21H,9-10H2,1H3. The van der Waals surface area contributed by atoms with Gasteiger partial charge in [-0.25, -0.2) is 0 Å². The number of rotatable bonds is 2. The summed E-state index contributed by atoms with van der Waals surface area (Å²) < 4.78 is 1.73. The number of nitrogens with zero attached hydrogens (tertiary/aromatic N) is 3. The van der Waals surface area contributed by atoms with Crippen LogP contribution in [0.1, 0.15) is 21.6 Å². The van der Waals surface area contributed by atoms with Crippen LogP contribution in [0.15, 0.2) is 42.6 Å². The van der Waals surface area contributed by atoms with Crippen molar-refractivity contribution >= 4 is 16.7 Å². The highest BCUT2D eigenvalue weighted by Crippen LogP contribution is 2.35. The molecule has 1 aliphatic heterocycles. The van der Waals surface area contributed by atoms with Gasteiger partial charge >= 0.3 is 0 Å². The first-order chi connectivity index (χ1) is 10.6. The van der Waals surface area contributed by atoms with Gasteiger partial charge in [-0.2, -0.15) is 5.10 Å². The summed E-state index contributed by atoms with van der Waals surface area (Å²) >= 11 is 0. The second kappa shape index (κ2) is 4.59. The molecule has 1 aromatic heterocycles. The summed E-state index contributed by atoms with van der Waals surface area (Å²) in [5, 5.41) is 15.9. The molecule has 0 atom stereocenters. The van der Waals surface area contributed by atoms with Gasteiger partial charge in [-0.15, -0.1) is 0 Å². The van der Waals surface area contributed by atoms with Gasteiger partial charge < -0.3 is 10.0 Å². The first-order valence-corrected chi connectivity index (χ1v) is 7.15. The maximum Gasteiger partial charge on any atom is 0.255 e. The number of hydrogen-bond acceptors (Lipinski definition) is 3. The zero-order valence-electron chi connectivity index (χ0n) is 12.2. The van der Waals surface area contributed by atoms with Crippen LogP contribution in [0.4, 0.5) is 0 Å². The molecule has 0 spiro atoms. The van der Waals surface area contributed by atoms with Crippen LogP contribution in [0, 0.1) is 0 Å². The Hall–Kier alpha value is -2.82. The van der Waals surface area contributed by atoms with Crippen molar-refractivity contribution in [2.45, 2.75) is 13.1 Å². The van der Waals surface area contributed by atoms with Gasteiger partial charge in [0, 0.05) is 36.1 Å². The van der Waals surface area contributed by atoms with Gasteiger partial charge in [0.1, 0.15) is 5.75 Å². The topological polar surface area (TPSA) is 58.4 Å².